The summed E-state index contributed by atoms with van der Waals surface area (Å²) in [5.74, 6) is 2.44. The van der Waals surface area contributed by atoms with Crippen LogP contribution in [0.1, 0.15) is 31.5 Å². The molecule has 0 N–H and O–H groups in total. The van der Waals surface area contributed by atoms with E-state index >= 15 is 0 Å². The second-order valence-corrected chi connectivity index (χ2v) is 8.22. The molecule has 0 aliphatic heterocycles. The summed E-state index contributed by atoms with van der Waals surface area (Å²) < 4.78 is 7.60. The molecule has 0 amide bonds. The minimum atomic E-state index is 0.179. The molecule has 4 rings (SSSR count). The van der Waals surface area contributed by atoms with E-state index in [0.717, 1.165) is 11.3 Å². The first-order valence-electron chi connectivity index (χ1n) is 8.79. The zero-order valence-corrected chi connectivity index (χ0v) is 17.9. The van der Waals surface area contributed by atoms with Gasteiger partial charge in [0.15, 0.2) is 11.0 Å². The van der Waals surface area contributed by atoms with E-state index in [9.17, 15) is 0 Å². The summed E-state index contributed by atoms with van der Waals surface area (Å²) in [5, 5.41) is 18.5. The third-order valence-electron chi connectivity index (χ3n) is 4.02. The molecule has 0 saturated carbocycles. The van der Waals surface area contributed by atoms with Gasteiger partial charge in [-0.15, -0.1) is 20.4 Å². The highest BCUT2D eigenvalue weighted by atomic mass is 35.5. The van der Waals surface area contributed by atoms with Crippen molar-refractivity contribution in [1.29, 1.82) is 0 Å². The molecule has 0 radical (unpaired) electrons. The number of aromatic nitrogens is 6. The average Bonchev–Trinajstić information content (AvgIpc) is 3.36. The second-order valence-electron chi connectivity index (χ2n) is 6.46. The van der Waals surface area contributed by atoms with E-state index in [0.29, 0.717) is 38.6 Å². The van der Waals surface area contributed by atoms with E-state index in [1.54, 1.807) is 24.5 Å². The molecule has 0 aliphatic rings. The molecular formula is C19H16Cl2N6OS. The Morgan fingerprint density at radius 1 is 1.07 bits per heavy atom. The molecule has 0 saturated heterocycles. The summed E-state index contributed by atoms with van der Waals surface area (Å²) in [7, 11) is 0. The van der Waals surface area contributed by atoms with Gasteiger partial charge in [0.05, 0.1) is 21.5 Å². The molecule has 29 heavy (non-hydrogen) atoms. The minimum absolute atomic E-state index is 0.179. The predicted molar refractivity (Wildman–Crippen MR) is 113 cm³/mol. The van der Waals surface area contributed by atoms with Gasteiger partial charge in [-0.25, -0.2) is 0 Å². The van der Waals surface area contributed by atoms with Crippen molar-refractivity contribution in [2.45, 2.75) is 30.7 Å². The fraction of sp³-hybridized carbons (Fsp3) is 0.211. The Kier molecular flexibility index (Phi) is 5.84. The van der Waals surface area contributed by atoms with Crippen molar-refractivity contribution in [2.24, 2.45) is 0 Å². The van der Waals surface area contributed by atoms with Gasteiger partial charge in [-0.05, 0) is 30.3 Å². The van der Waals surface area contributed by atoms with E-state index in [4.69, 9.17) is 27.6 Å². The van der Waals surface area contributed by atoms with Crippen LogP contribution in [0.15, 0.2) is 52.3 Å². The van der Waals surface area contributed by atoms with E-state index in [2.05, 4.69) is 25.4 Å². The molecule has 0 fully saturated rings. The number of nitrogens with zero attached hydrogens (tertiary/aromatic N) is 6. The Morgan fingerprint density at radius 2 is 1.93 bits per heavy atom. The van der Waals surface area contributed by atoms with Crippen molar-refractivity contribution in [1.82, 2.24) is 29.9 Å². The van der Waals surface area contributed by atoms with Gasteiger partial charge in [0.25, 0.3) is 0 Å². The van der Waals surface area contributed by atoms with Crippen LogP contribution in [0.2, 0.25) is 10.0 Å². The van der Waals surface area contributed by atoms with Crippen LogP contribution in [0.4, 0.5) is 0 Å². The number of thioether (sulfide) groups is 1. The first kappa shape index (κ1) is 19.9. The van der Waals surface area contributed by atoms with Gasteiger partial charge in [0.2, 0.25) is 11.8 Å². The first-order chi connectivity index (χ1) is 14.0. The zero-order chi connectivity index (χ0) is 20.4. The number of benzene rings is 1. The molecular weight excluding hydrogens is 431 g/mol. The lowest BCUT2D eigenvalue weighted by atomic mass is 10.2. The molecule has 3 heterocycles. The highest BCUT2D eigenvalue weighted by molar-refractivity contribution is 7.98. The van der Waals surface area contributed by atoms with Gasteiger partial charge in [-0.1, -0.05) is 48.8 Å². The molecule has 0 aliphatic carbocycles. The fourth-order valence-corrected chi connectivity index (χ4v) is 3.67. The molecule has 0 unspecified atom stereocenters. The predicted octanol–water partition coefficient (Wildman–Crippen LogP) is 5.43. The standard InChI is InChI=1S/C19H16Cl2N6OS/c1-11(2)18-25-23-16(28-18)10-29-19-26-24-17(12-4-3-7-22-9-12)27(19)13-5-6-14(20)15(21)8-13/h3-9,11H,10H2,1-2H3. The highest BCUT2D eigenvalue weighted by Gasteiger charge is 2.18. The second kappa shape index (κ2) is 8.52. The average molecular weight is 447 g/mol. The molecule has 148 valence electrons. The molecule has 4 aromatic rings. The van der Waals surface area contributed by atoms with E-state index < -0.39 is 0 Å². The topological polar surface area (TPSA) is 82.5 Å². The van der Waals surface area contributed by atoms with E-state index in [1.165, 1.54) is 11.8 Å². The maximum atomic E-state index is 6.25. The molecule has 3 aromatic heterocycles. The van der Waals surface area contributed by atoms with Crippen molar-refractivity contribution in [2.75, 3.05) is 0 Å². The van der Waals surface area contributed by atoms with Crippen molar-refractivity contribution >= 4 is 35.0 Å². The Morgan fingerprint density at radius 3 is 2.62 bits per heavy atom. The summed E-state index contributed by atoms with van der Waals surface area (Å²) in [6, 6.07) is 9.16. The van der Waals surface area contributed by atoms with Crippen LogP contribution in [0, 0.1) is 0 Å². The quantitative estimate of drug-likeness (QED) is 0.364. The van der Waals surface area contributed by atoms with Crippen molar-refractivity contribution in [3.05, 3.63) is 64.6 Å². The lowest BCUT2D eigenvalue weighted by Gasteiger charge is -2.10. The van der Waals surface area contributed by atoms with Crippen molar-refractivity contribution in [3.8, 4) is 17.1 Å². The fourth-order valence-electron chi connectivity index (χ4n) is 2.59. The number of pyridine rings is 1. The number of rotatable bonds is 6. The van der Waals surface area contributed by atoms with Gasteiger partial charge >= 0.3 is 0 Å². The number of hydrogen-bond donors (Lipinski definition) is 0. The smallest absolute Gasteiger partial charge is 0.226 e. The lowest BCUT2D eigenvalue weighted by Crippen LogP contribution is -2.00. The number of halogens is 2. The third kappa shape index (κ3) is 4.29. The van der Waals surface area contributed by atoms with E-state index in [-0.39, 0.29) is 5.92 Å². The van der Waals surface area contributed by atoms with Gasteiger partial charge < -0.3 is 4.42 Å². The van der Waals surface area contributed by atoms with Crippen LogP contribution < -0.4 is 0 Å². The van der Waals surface area contributed by atoms with Gasteiger partial charge in [-0.2, -0.15) is 0 Å². The molecule has 1 aromatic carbocycles. The molecule has 0 atom stereocenters. The van der Waals surface area contributed by atoms with Gasteiger partial charge in [0.1, 0.15) is 0 Å². The van der Waals surface area contributed by atoms with E-state index in [1.807, 2.05) is 36.6 Å². The maximum Gasteiger partial charge on any atom is 0.226 e. The maximum absolute atomic E-state index is 6.25. The summed E-state index contributed by atoms with van der Waals surface area (Å²) in [5.41, 5.74) is 1.62. The lowest BCUT2D eigenvalue weighted by molar-refractivity contribution is 0.445. The zero-order valence-electron chi connectivity index (χ0n) is 15.6. The normalized spacial score (nSPS) is 11.3. The minimum Gasteiger partial charge on any atom is -0.424 e. The Labute approximate surface area is 181 Å². The Hall–Kier alpha value is -2.42. The number of hydrogen-bond acceptors (Lipinski definition) is 7. The van der Waals surface area contributed by atoms with Crippen LogP contribution in [-0.4, -0.2) is 29.9 Å². The van der Waals surface area contributed by atoms with Crippen LogP contribution in [0.5, 0.6) is 0 Å². The summed E-state index contributed by atoms with van der Waals surface area (Å²) in [6.07, 6.45) is 3.44. The highest BCUT2D eigenvalue weighted by Crippen LogP contribution is 2.32. The first-order valence-corrected chi connectivity index (χ1v) is 10.5. The van der Waals surface area contributed by atoms with Crippen molar-refractivity contribution < 1.29 is 4.42 Å². The van der Waals surface area contributed by atoms with Crippen LogP contribution in [0.3, 0.4) is 0 Å². The monoisotopic (exact) mass is 446 g/mol. The van der Waals surface area contributed by atoms with Crippen molar-refractivity contribution in [3.63, 3.8) is 0 Å². The van der Waals surface area contributed by atoms with Crippen LogP contribution >= 0.6 is 35.0 Å². The van der Waals surface area contributed by atoms with Crippen LogP contribution in [-0.2, 0) is 5.75 Å². The molecule has 0 bridgehead atoms. The molecule has 7 nitrogen and oxygen atoms in total. The summed E-state index contributed by atoms with van der Waals surface area (Å²) >= 11 is 13.8. The van der Waals surface area contributed by atoms with Crippen LogP contribution in [0.25, 0.3) is 17.1 Å². The summed E-state index contributed by atoms with van der Waals surface area (Å²) in [6.45, 7) is 4.01. The van der Waals surface area contributed by atoms with Gasteiger partial charge in [-0.3, -0.25) is 9.55 Å². The largest absolute Gasteiger partial charge is 0.424 e. The molecule has 0 spiro atoms. The Balaban J connectivity index is 1.71. The molecule has 10 heteroatoms. The third-order valence-corrected chi connectivity index (χ3v) is 5.67. The Bertz CT molecular complexity index is 1130. The summed E-state index contributed by atoms with van der Waals surface area (Å²) in [4.78, 5) is 4.18. The SMILES string of the molecule is CC(C)c1nnc(CSc2nnc(-c3cccnc3)n2-c2ccc(Cl)c(Cl)c2)o1. The van der Waals surface area contributed by atoms with Gasteiger partial charge in [0, 0.05) is 23.9 Å².